The highest BCUT2D eigenvalue weighted by molar-refractivity contribution is 6.56. The first-order valence-electron chi connectivity index (χ1n) is 10.6. The van der Waals surface area contributed by atoms with Gasteiger partial charge in [0.25, 0.3) is 0 Å². The van der Waals surface area contributed by atoms with Crippen LogP contribution in [0, 0.1) is 0 Å². The molecule has 0 aliphatic heterocycles. The van der Waals surface area contributed by atoms with Gasteiger partial charge in [0, 0.05) is 11.1 Å². The molecule has 27 heavy (non-hydrogen) atoms. The highest BCUT2D eigenvalue weighted by atomic mass is 16.4. The highest BCUT2D eigenvalue weighted by Crippen LogP contribution is 2.25. The van der Waals surface area contributed by atoms with Crippen LogP contribution < -0.4 is 5.72 Å². The van der Waals surface area contributed by atoms with Gasteiger partial charge in [-0.25, -0.2) is 15.0 Å². The van der Waals surface area contributed by atoms with Gasteiger partial charge in [0.15, 0.2) is 17.4 Å². The zero-order valence-electron chi connectivity index (χ0n) is 19.0. The van der Waals surface area contributed by atoms with Crippen LogP contribution in [-0.2, 0) is 0 Å². The number of hydrogen-bond acceptors (Lipinski definition) is 5. The molecule has 4 aromatic rings. The summed E-state index contributed by atoms with van der Waals surface area (Å²) in [6.45, 7) is 0. The summed E-state index contributed by atoms with van der Waals surface area (Å²) in [7, 11) is -1.91. The third kappa shape index (κ3) is 3.77. The van der Waals surface area contributed by atoms with Gasteiger partial charge in [0.05, 0.1) is 6.85 Å². The molecule has 2 N–H and O–H groups in total. The number of rotatable bonds is 4. The van der Waals surface area contributed by atoms with Crippen LogP contribution in [0.1, 0.15) is 6.85 Å². The van der Waals surface area contributed by atoms with E-state index in [0.29, 0.717) is 16.7 Å². The van der Waals surface area contributed by atoms with E-state index in [1.54, 1.807) is 48.5 Å². The summed E-state index contributed by atoms with van der Waals surface area (Å²) >= 11 is 0. The minimum absolute atomic E-state index is 0.0533. The second-order valence-electron chi connectivity index (χ2n) is 5.66. The predicted octanol–water partition coefficient (Wildman–Crippen LogP) is 2.55. The van der Waals surface area contributed by atoms with Crippen molar-refractivity contribution in [2.75, 3.05) is 0 Å². The lowest BCUT2D eigenvalue weighted by Gasteiger charge is -2.09. The minimum Gasteiger partial charge on any atom is -0.421 e. The van der Waals surface area contributed by atoms with Gasteiger partial charge in [0.1, 0.15) is 0 Å². The smallest absolute Gasteiger partial charge is 0.421 e. The van der Waals surface area contributed by atoms with Crippen molar-refractivity contribution >= 4 is 12.8 Å². The lowest BCUT2D eigenvalue weighted by molar-refractivity contribution is 0.422. The number of aromatic nitrogens is 3. The fourth-order valence-electron chi connectivity index (χ4n) is 2.56. The van der Waals surface area contributed by atoms with Gasteiger partial charge in [-0.05, 0) is 17.2 Å². The standard InChI is InChI=1S/C21H16BN3O2/c26-22(27)21-24-19(16-10-5-2-6-11-16)23-20(25-21)18-13-7-12-17(14-18)15-8-3-1-4-9-15/h1-14,26-27H/i1D,3D,4D,8D,9D. The fourth-order valence-corrected chi connectivity index (χ4v) is 2.56. The average molecular weight is 358 g/mol. The predicted molar refractivity (Wildman–Crippen MR) is 106 cm³/mol. The molecule has 3 aromatic carbocycles. The van der Waals surface area contributed by atoms with Crippen molar-refractivity contribution in [1.29, 1.82) is 0 Å². The molecule has 130 valence electrons. The summed E-state index contributed by atoms with van der Waals surface area (Å²) in [6.07, 6.45) is 0. The summed E-state index contributed by atoms with van der Waals surface area (Å²) in [5.74, 6) is 0.392. The summed E-state index contributed by atoms with van der Waals surface area (Å²) in [6, 6.07) is 13.6. The van der Waals surface area contributed by atoms with E-state index >= 15 is 0 Å². The zero-order chi connectivity index (χ0) is 23.0. The topological polar surface area (TPSA) is 79.1 Å². The van der Waals surface area contributed by atoms with Crippen LogP contribution in [0.5, 0.6) is 0 Å². The van der Waals surface area contributed by atoms with Crippen LogP contribution in [0.2, 0.25) is 0 Å². The summed E-state index contributed by atoms with van der Waals surface area (Å²) in [5.41, 5.74) is 1.31. The molecule has 0 bridgehead atoms. The SMILES string of the molecule is [2H]c1c([2H])c([2H])c(-c2cccc(-c3nc(B(O)O)nc(-c4ccccc4)n3)c2)c([2H])c1[2H]. The monoisotopic (exact) mass is 358 g/mol. The van der Waals surface area contributed by atoms with Gasteiger partial charge in [-0.1, -0.05) is 78.7 Å². The Balaban J connectivity index is 1.89. The molecular weight excluding hydrogens is 337 g/mol. The third-order valence-corrected chi connectivity index (χ3v) is 3.83. The second kappa shape index (κ2) is 7.49. The molecule has 1 aromatic heterocycles. The molecule has 0 aliphatic carbocycles. The van der Waals surface area contributed by atoms with Crippen LogP contribution in [0.15, 0.2) is 84.8 Å². The fraction of sp³-hybridized carbons (Fsp3) is 0. The van der Waals surface area contributed by atoms with E-state index in [0.717, 1.165) is 0 Å². The molecule has 0 unspecified atom stereocenters. The van der Waals surface area contributed by atoms with Crippen molar-refractivity contribution in [3.63, 3.8) is 0 Å². The van der Waals surface area contributed by atoms with Crippen LogP contribution >= 0.6 is 0 Å². The normalized spacial score (nSPS) is 13.2. The molecule has 4 rings (SSSR count). The van der Waals surface area contributed by atoms with E-state index in [1.807, 2.05) is 6.07 Å². The number of hydrogen-bond donors (Lipinski definition) is 2. The van der Waals surface area contributed by atoms with Crippen molar-refractivity contribution in [3.05, 3.63) is 84.8 Å². The first-order chi connectivity index (χ1) is 15.3. The third-order valence-electron chi connectivity index (χ3n) is 3.83. The van der Waals surface area contributed by atoms with E-state index < -0.39 is 25.2 Å². The molecule has 6 heteroatoms. The van der Waals surface area contributed by atoms with E-state index in [2.05, 4.69) is 15.0 Å². The molecule has 0 aliphatic rings. The molecule has 0 amide bonds. The van der Waals surface area contributed by atoms with Crippen LogP contribution in [0.3, 0.4) is 0 Å². The van der Waals surface area contributed by atoms with Gasteiger partial charge in [0.2, 0.25) is 0 Å². The lowest BCUT2D eigenvalue weighted by atomic mass is 9.90. The molecule has 0 atom stereocenters. The van der Waals surface area contributed by atoms with Crippen molar-refractivity contribution < 1.29 is 16.9 Å². The van der Waals surface area contributed by atoms with E-state index in [4.69, 9.17) is 6.85 Å². The Bertz CT molecular complexity index is 1290. The Labute approximate surface area is 164 Å². The molecule has 0 spiro atoms. The average Bonchev–Trinajstić information content (AvgIpc) is 2.82. The molecule has 0 radical (unpaired) electrons. The minimum atomic E-state index is -1.91. The molecule has 0 saturated carbocycles. The second-order valence-corrected chi connectivity index (χ2v) is 5.66. The quantitative estimate of drug-likeness (QED) is 0.548. The maximum absolute atomic E-state index is 9.65. The maximum Gasteiger partial charge on any atom is 0.528 e. The highest BCUT2D eigenvalue weighted by Gasteiger charge is 2.19. The van der Waals surface area contributed by atoms with Gasteiger partial charge in [-0.15, -0.1) is 0 Å². The Morgan fingerprint density at radius 1 is 0.667 bits per heavy atom. The molecular formula is C21H16BN3O2. The van der Waals surface area contributed by atoms with Crippen LogP contribution in [0.4, 0.5) is 0 Å². The molecule has 1 heterocycles. The Morgan fingerprint density at radius 2 is 1.30 bits per heavy atom. The number of benzene rings is 3. The van der Waals surface area contributed by atoms with Gasteiger partial charge >= 0.3 is 7.12 Å². The van der Waals surface area contributed by atoms with E-state index in [-0.39, 0.29) is 35.0 Å². The zero-order valence-corrected chi connectivity index (χ0v) is 14.0. The summed E-state index contributed by atoms with van der Waals surface area (Å²) < 4.78 is 40.0. The van der Waals surface area contributed by atoms with Crippen molar-refractivity contribution in [1.82, 2.24) is 15.0 Å². The first-order valence-corrected chi connectivity index (χ1v) is 8.13. The molecule has 5 nitrogen and oxygen atoms in total. The van der Waals surface area contributed by atoms with Crippen LogP contribution in [0.25, 0.3) is 33.9 Å². The van der Waals surface area contributed by atoms with Crippen molar-refractivity contribution in [3.8, 4) is 33.9 Å². The molecule has 0 saturated heterocycles. The van der Waals surface area contributed by atoms with Gasteiger partial charge in [-0.2, -0.15) is 0 Å². The van der Waals surface area contributed by atoms with Crippen molar-refractivity contribution in [2.45, 2.75) is 0 Å². The first kappa shape index (κ1) is 12.1. The van der Waals surface area contributed by atoms with E-state index in [9.17, 15) is 10.0 Å². The van der Waals surface area contributed by atoms with Gasteiger partial charge in [-0.3, -0.25) is 0 Å². The summed E-state index contributed by atoms with van der Waals surface area (Å²) in [5, 5.41) is 19.3. The number of nitrogens with zero attached hydrogens (tertiary/aromatic N) is 3. The lowest BCUT2D eigenvalue weighted by Crippen LogP contribution is -2.36. The largest absolute Gasteiger partial charge is 0.528 e. The molecule has 0 fully saturated rings. The van der Waals surface area contributed by atoms with Gasteiger partial charge < -0.3 is 10.0 Å². The Kier molecular flexibility index (Phi) is 3.36. The maximum atomic E-state index is 9.65. The van der Waals surface area contributed by atoms with Crippen LogP contribution in [-0.4, -0.2) is 32.1 Å². The van der Waals surface area contributed by atoms with E-state index in [1.165, 1.54) is 0 Å². The Hall–Kier alpha value is -3.35. The Morgan fingerprint density at radius 3 is 2.00 bits per heavy atom. The van der Waals surface area contributed by atoms with Crippen molar-refractivity contribution in [2.24, 2.45) is 0 Å². The summed E-state index contributed by atoms with van der Waals surface area (Å²) in [4.78, 5) is 12.7.